The summed E-state index contributed by atoms with van der Waals surface area (Å²) in [6.07, 6.45) is 3.33. The van der Waals surface area contributed by atoms with Crippen molar-refractivity contribution in [3.8, 4) is 0 Å². The van der Waals surface area contributed by atoms with E-state index in [0.717, 1.165) is 5.82 Å². The average molecular weight is 170 g/mol. The average Bonchev–Trinajstić information content (AvgIpc) is 2.49. The maximum Gasteiger partial charge on any atom is 0.245 e. The van der Waals surface area contributed by atoms with Crippen LogP contribution in [-0.4, -0.2) is 22.5 Å². The van der Waals surface area contributed by atoms with Gasteiger partial charge in [0.15, 0.2) is 0 Å². The van der Waals surface area contributed by atoms with Gasteiger partial charge < -0.3 is 10.7 Å². The second kappa shape index (κ2) is 4.47. The molecular formula is C6H10N4O2. The number of nitrogens with two attached hydrogens (primary N) is 1. The van der Waals surface area contributed by atoms with Gasteiger partial charge in [-0.3, -0.25) is 9.63 Å². The van der Waals surface area contributed by atoms with Crippen LogP contribution in [0.1, 0.15) is 5.82 Å². The Kier molecular flexibility index (Phi) is 3.24. The van der Waals surface area contributed by atoms with Crippen LogP contribution in [0.2, 0.25) is 0 Å². The molecule has 12 heavy (non-hydrogen) atoms. The fourth-order valence-electron chi connectivity index (χ4n) is 0.636. The van der Waals surface area contributed by atoms with Gasteiger partial charge in [0.25, 0.3) is 0 Å². The number of amides is 1. The summed E-state index contributed by atoms with van der Waals surface area (Å²) in [6.45, 7) is 0.279. The quantitative estimate of drug-likeness (QED) is 0.387. The monoisotopic (exact) mass is 170 g/mol. The number of H-pyrrole nitrogens is 1. The highest BCUT2D eigenvalue weighted by molar-refractivity contribution is 5.74. The first kappa shape index (κ1) is 8.69. The van der Waals surface area contributed by atoms with Crippen molar-refractivity contribution in [3.63, 3.8) is 0 Å². The van der Waals surface area contributed by atoms with Crippen LogP contribution in [0.3, 0.4) is 0 Å². The predicted molar refractivity (Wildman–Crippen MR) is 40.6 cm³/mol. The molecule has 66 valence electrons. The van der Waals surface area contributed by atoms with Crippen LogP contribution in [0.25, 0.3) is 0 Å². The molecule has 0 aliphatic heterocycles. The summed E-state index contributed by atoms with van der Waals surface area (Å²) in [7, 11) is 0. The summed E-state index contributed by atoms with van der Waals surface area (Å²) in [5.41, 5.74) is 7.35. The van der Waals surface area contributed by atoms with E-state index in [1.165, 1.54) is 0 Å². The van der Waals surface area contributed by atoms with Crippen LogP contribution in [0.5, 0.6) is 0 Å². The SMILES string of the molecule is NC(=O)CONCc1ncc[nH]1. The van der Waals surface area contributed by atoms with Gasteiger partial charge in [-0.1, -0.05) is 0 Å². The van der Waals surface area contributed by atoms with Crippen molar-refractivity contribution in [2.45, 2.75) is 6.54 Å². The van der Waals surface area contributed by atoms with Crippen LogP contribution in [0.15, 0.2) is 12.4 Å². The number of aromatic amines is 1. The lowest BCUT2D eigenvalue weighted by Gasteiger charge is -2.00. The third-order valence-corrected chi connectivity index (χ3v) is 1.11. The molecule has 1 heterocycles. The molecule has 1 rings (SSSR count). The highest BCUT2D eigenvalue weighted by Gasteiger charge is 1.95. The molecule has 0 aromatic carbocycles. The van der Waals surface area contributed by atoms with Gasteiger partial charge in [-0.15, -0.1) is 0 Å². The van der Waals surface area contributed by atoms with Crippen molar-refractivity contribution >= 4 is 5.91 Å². The summed E-state index contributed by atoms with van der Waals surface area (Å²) < 4.78 is 0. The van der Waals surface area contributed by atoms with Gasteiger partial charge >= 0.3 is 0 Å². The molecule has 1 aromatic heterocycles. The molecule has 0 spiro atoms. The van der Waals surface area contributed by atoms with Gasteiger partial charge in [-0.05, 0) is 0 Å². The number of carbonyl (C=O) groups is 1. The first-order chi connectivity index (χ1) is 5.79. The fraction of sp³-hybridized carbons (Fsp3) is 0.333. The summed E-state index contributed by atoms with van der Waals surface area (Å²) in [4.78, 5) is 21.7. The van der Waals surface area contributed by atoms with E-state index >= 15 is 0 Å². The minimum absolute atomic E-state index is 0.138. The highest BCUT2D eigenvalue weighted by Crippen LogP contribution is 1.85. The smallest absolute Gasteiger partial charge is 0.245 e. The van der Waals surface area contributed by atoms with Gasteiger partial charge in [-0.25, -0.2) is 4.98 Å². The number of primary amides is 1. The Balaban J connectivity index is 2.07. The Bertz CT molecular complexity index is 234. The van der Waals surface area contributed by atoms with Crippen molar-refractivity contribution in [1.82, 2.24) is 15.4 Å². The third kappa shape index (κ3) is 3.13. The van der Waals surface area contributed by atoms with Crippen molar-refractivity contribution in [2.24, 2.45) is 5.73 Å². The second-order valence-electron chi connectivity index (χ2n) is 2.11. The van der Waals surface area contributed by atoms with Gasteiger partial charge in [0, 0.05) is 12.4 Å². The summed E-state index contributed by atoms with van der Waals surface area (Å²) in [5.74, 6) is 0.224. The number of imidazole rings is 1. The van der Waals surface area contributed by atoms with Crippen molar-refractivity contribution in [2.75, 3.05) is 6.61 Å². The van der Waals surface area contributed by atoms with Gasteiger partial charge in [0.2, 0.25) is 5.91 Å². The number of rotatable bonds is 5. The molecule has 0 atom stereocenters. The van der Waals surface area contributed by atoms with Gasteiger partial charge in [0.05, 0.1) is 6.54 Å². The third-order valence-electron chi connectivity index (χ3n) is 1.11. The molecule has 6 nitrogen and oxygen atoms in total. The van der Waals surface area contributed by atoms with E-state index in [2.05, 4.69) is 20.3 Å². The van der Waals surface area contributed by atoms with Gasteiger partial charge in [0.1, 0.15) is 12.4 Å². The maximum atomic E-state index is 10.2. The molecule has 0 aliphatic carbocycles. The van der Waals surface area contributed by atoms with Crippen LogP contribution < -0.4 is 11.2 Å². The lowest BCUT2D eigenvalue weighted by atomic mass is 10.6. The molecule has 6 heteroatoms. The minimum atomic E-state index is -0.512. The van der Waals surface area contributed by atoms with E-state index in [-0.39, 0.29) is 6.61 Å². The number of hydrogen-bond donors (Lipinski definition) is 3. The second-order valence-corrected chi connectivity index (χ2v) is 2.11. The molecule has 0 fully saturated rings. The molecule has 0 radical (unpaired) electrons. The minimum Gasteiger partial charge on any atom is -0.368 e. The van der Waals surface area contributed by atoms with Crippen molar-refractivity contribution in [1.29, 1.82) is 0 Å². The summed E-state index contributed by atoms with van der Waals surface area (Å²) >= 11 is 0. The summed E-state index contributed by atoms with van der Waals surface area (Å²) in [5, 5.41) is 0. The number of nitrogens with zero attached hydrogens (tertiary/aromatic N) is 1. The van der Waals surface area contributed by atoms with E-state index in [0.29, 0.717) is 6.54 Å². The topological polar surface area (TPSA) is 93.0 Å². The molecule has 0 bridgehead atoms. The number of nitrogens with one attached hydrogen (secondary N) is 2. The van der Waals surface area contributed by atoms with E-state index in [4.69, 9.17) is 5.73 Å². The molecule has 0 unspecified atom stereocenters. The summed E-state index contributed by atoms with van der Waals surface area (Å²) in [6, 6.07) is 0. The normalized spacial score (nSPS) is 10.0. The highest BCUT2D eigenvalue weighted by atomic mass is 16.6. The number of hydroxylamine groups is 1. The zero-order valence-electron chi connectivity index (χ0n) is 6.41. The number of carbonyl (C=O) groups excluding carboxylic acids is 1. The Morgan fingerprint density at radius 3 is 3.25 bits per heavy atom. The maximum absolute atomic E-state index is 10.2. The first-order valence-corrected chi connectivity index (χ1v) is 3.40. The van der Waals surface area contributed by atoms with Crippen LogP contribution in [-0.2, 0) is 16.2 Å². The fourth-order valence-corrected chi connectivity index (χ4v) is 0.636. The van der Waals surface area contributed by atoms with Crippen molar-refractivity contribution < 1.29 is 9.63 Å². The Morgan fingerprint density at radius 2 is 2.67 bits per heavy atom. The largest absolute Gasteiger partial charge is 0.368 e. The molecule has 1 aromatic rings. The first-order valence-electron chi connectivity index (χ1n) is 3.40. The van der Waals surface area contributed by atoms with Crippen LogP contribution in [0, 0.1) is 0 Å². The van der Waals surface area contributed by atoms with E-state index in [9.17, 15) is 4.79 Å². The van der Waals surface area contributed by atoms with Crippen LogP contribution in [0.4, 0.5) is 0 Å². The molecule has 0 saturated carbocycles. The molecular weight excluding hydrogens is 160 g/mol. The number of aromatic nitrogens is 2. The number of hydrogen-bond acceptors (Lipinski definition) is 4. The Hall–Kier alpha value is -1.40. The standard InChI is InChI=1S/C6H10N4O2/c7-5(11)4-12-10-3-6-8-1-2-9-6/h1-2,10H,3-4H2,(H2,7,11)(H,8,9). The molecule has 4 N–H and O–H groups in total. The van der Waals surface area contributed by atoms with Crippen molar-refractivity contribution in [3.05, 3.63) is 18.2 Å². The van der Waals surface area contributed by atoms with E-state index < -0.39 is 5.91 Å². The van der Waals surface area contributed by atoms with Crippen LogP contribution >= 0.6 is 0 Å². The zero-order chi connectivity index (χ0) is 8.81. The lowest BCUT2D eigenvalue weighted by Crippen LogP contribution is -2.24. The Labute approximate surface area is 69.1 Å². The molecule has 0 aliphatic rings. The van der Waals surface area contributed by atoms with E-state index in [1.54, 1.807) is 12.4 Å². The predicted octanol–water partition coefficient (Wildman–Crippen LogP) is -1.08. The van der Waals surface area contributed by atoms with Gasteiger partial charge in [-0.2, -0.15) is 5.48 Å². The molecule has 0 saturated heterocycles. The molecule has 1 amide bonds. The Morgan fingerprint density at radius 1 is 1.83 bits per heavy atom. The van der Waals surface area contributed by atoms with E-state index in [1.807, 2.05) is 0 Å². The lowest BCUT2D eigenvalue weighted by molar-refractivity contribution is -0.125. The zero-order valence-corrected chi connectivity index (χ0v) is 6.41.